The predicted octanol–water partition coefficient (Wildman–Crippen LogP) is 2.92. The van der Waals surface area contributed by atoms with Crippen LogP contribution < -0.4 is 5.32 Å². The van der Waals surface area contributed by atoms with Crippen LogP contribution in [0.1, 0.15) is 44.6 Å². The highest BCUT2D eigenvalue weighted by Gasteiger charge is 2.01. The van der Waals surface area contributed by atoms with Gasteiger partial charge < -0.3 is 10.1 Å². The standard InChI is InChI=1S/C13H23N3O/c1-4-6-8-17-10-13-15-11(3)9-12(16-13)14-7-5-2/h9H,4-8,10H2,1-3H3,(H,14,15,16). The summed E-state index contributed by atoms with van der Waals surface area (Å²) in [6.45, 7) is 8.49. The summed E-state index contributed by atoms with van der Waals surface area (Å²) < 4.78 is 5.52. The third kappa shape index (κ3) is 5.63. The Balaban J connectivity index is 2.50. The molecule has 0 aliphatic heterocycles. The van der Waals surface area contributed by atoms with Crippen molar-refractivity contribution in [3.63, 3.8) is 0 Å². The summed E-state index contributed by atoms with van der Waals surface area (Å²) in [5.41, 5.74) is 0.979. The van der Waals surface area contributed by atoms with Gasteiger partial charge in [0.25, 0.3) is 0 Å². The molecule has 1 N–H and O–H groups in total. The molecule has 0 bridgehead atoms. The molecule has 4 nitrogen and oxygen atoms in total. The maximum absolute atomic E-state index is 5.52. The smallest absolute Gasteiger partial charge is 0.156 e. The Bertz CT molecular complexity index is 328. The molecule has 0 fully saturated rings. The van der Waals surface area contributed by atoms with Crippen LogP contribution in [0.3, 0.4) is 0 Å². The highest BCUT2D eigenvalue weighted by atomic mass is 16.5. The van der Waals surface area contributed by atoms with Gasteiger partial charge in [0.1, 0.15) is 12.4 Å². The van der Waals surface area contributed by atoms with Gasteiger partial charge in [-0.05, 0) is 19.8 Å². The van der Waals surface area contributed by atoms with Crippen LogP contribution >= 0.6 is 0 Å². The third-order valence-electron chi connectivity index (χ3n) is 2.33. The summed E-state index contributed by atoms with van der Waals surface area (Å²) in [6.07, 6.45) is 3.33. The molecular formula is C13H23N3O. The molecule has 1 heterocycles. The van der Waals surface area contributed by atoms with E-state index in [1.165, 1.54) is 0 Å². The molecule has 0 atom stereocenters. The minimum absolute atomic E-state index is 0.502. The second-order valence-corrected chi connectivity index (χ2v) is 4.14. The molecule has 0 aromatic carbocycles. The summed E-state index contributed by atoms with van der Waals surface area (Å²) in [6, 6.07) is 1.96. The first-order chi connectivity index (χ1) is 8.26. The van der Waals surface area contributed by atoms with Crippen molar-refractivity contribution in [3.05, 3.63) is 17.6 Å². The van der Waals surface area contributed by atoms with Crippen LogP contribution in [0, 0.1) is 6.92 Å². The normalized spacial score (nSPS) is 10.5. The highest BCUT2D eigenvalue weighted by Crippen LogP contribution is 2.07. The van der Waals surface area contributed by atoms with E-state index in [0.29, 0.717) is 6.61 Å². The Morgan fingerprint density at radius 1 is 1.24 bits per heavy atom. The second kappa shape index (κ2) is 8.01. The van der Waals surface area contributed by atoms with E-state index < -0.39 is 0 Å². The fourth-order valence-corrected chi connectivity index (χ4v) is 1.45. The van der Waals surface area contributed by atoms with Crippen LogP contribution in [-0.4, -0.2) is 23.1 Å². The van der Waals surface area contributed by atoms with Crippen LogP contribution in [0.15, 0.2) is 6.07 Å². The summed E-state index contributed by atoms with van der Waals surface area (Å²) in [5.74, 6) is 1.66. The van der Waals surface area contributed by atoms with E-state index in [0.717, 1.165) is 49.8 Å². The fraction of sp³-hybridized carbons (Fsp3) is 0.692. The molecule has 17 heavy (non-hydrogen) atoms. The number of anilines is 1. The summed E-state index contributed by atoms with van der Waals surface area (Å²) in [7, 11) is 0. The number of aryl methyl sites for hydroxylation is 1. The molecule has 0 radical (unpaired) electrons. The second-order valence-electron chi connectivity index (χ2n) is 4.14. The molecular weight excluding hydrogens is 214 g/mol. The minimum Gasteiger partial charge on any atom is -0.373 e. The minimum atomic E-state index is 0.502. The first-order valence-corrected chi connectivity index (χ1v) is 6.42. The molecule has 0 aliphatic carbocycles. The van der Waals surface area contributed by atoms with Gasteiger partial charge in [-0.3, -0.25) is 0 Å². The molecule has 1 aromatic rings. The molecule has 0 amide bonds. The van der Waals surface area contributed by atoms with Crippen molar-refractivity contribution < 1.29 is 4.74 Å². The number of ether oxygens (including phenoxy) is 1. The molecule has 0 saturated heterocycles. The number of hydrogen-bond donors (Lipinski definition) is 1. The average molecular weight is 237 g/mol. The SMILES string of the molecule is CCCCOCc1nc(C)cc(NCCC)n1. The van der Waals surface area contributed by atoms with Crippen molar-refractivity contribution in [2.45, 2.75) is 46.6 Å². The van der Waals surface area contributed by atoms with Crippen molar-refractivity contribution >= 4 is 5.82 Å². The van der Waals surface area contributed by atoms with Crippen molar-refractivity contribution in [2.75, 3.05) is 18.5 Å². The Morgan fingerprint density at radius 3 is 2.76 bits per heavy atom. The molecule has 1 aromatic heterocycles. The number of aromatic nitrogens is 2. The zero-order chi connectivity index (χ0) is 12.5. The largest absolute Gasteiger partial charge is 0.373 e. The molecule has 96 valence electrons. The zero-order valence-corrected chi connectivity index (χ0v) is 11.1. The summed E-state index contributed by atoms with van der Waals surface area (Å²) in [4.78, 5) is 8.78. The molecule has 0 aliphatic rings. The van der Waals surface area contributed by atoms with Crippen molar-refractivity contribution in [3.8, 4) is 0 Å². The van der Waals surface area contributed by atoms with Gasteiger partial charge in [0.05, 0.1) is 0 Å². The molecule has 0 unspecified atom stereocenters. The van der Waals surface area contributed by atoms with Gasteiger partial charge in [-0.2, -0.15) is 0 Å². The van der Waals surface area contributed by atoms with Gasteiger partial charge in [0.15, 0.2) is 5.82 Å². The maximum Gasteiger partial charge on any atom is 0.156 e. The van der Waals surface area contributed by atoms with E-state index in [1.54, 1.807) is 0 Å². The van der Waals surface area contributed by atoms with E-state index in [1.807, 2.05) is 13.0 Å². The van der Waals surface area contributed by atoms with Crippen LogP contribution in [0.5, 0.6) is 0 Å². The Morgan fingerprint density at radius 2 is 2.06 bits per heavy atom. The monoisotopic (exact) mass is 237 g/mol. The predicted molar refractivity (Wildman–Crippen MR) is 70.1 cm³/mol. The van der Waals surface area contributed by atoms with Crippen molar-refractivity contribution in [1.82, 2.24) is 9.97 Å². The third-order valence-corrected chi connectivity index (χ3v) is 2.33. The van der Waals surface area contributed by atoms with Crippen LogP contribution in [-0.2, 0) is 11.3 Å². The van der Waals surface area contributed by atoms with Gasteiger partial charge in [-0.25, -0.2) is 9.97 Å². The lowest BCUT2D eigenvalue weighted by Gasteiger charge is -2.08. The average Bonchev–Trinajstić information content (AvgIpc) is 2.31. The Hall–Kier alpha value is -1.16. The molecule has 0 saturated carbocycles. The number of nitrogens with zero attached hydrogens (tertiary/aromatic N) is 2. The molecule has 1 rings (SSSR count). The van der Waals surface area contributed by atoms with Crippen molar-refractivity contribution in [1.29, 1.82) is 0 Å². The van der Waals surface area contributed by atoms with E-state index in [-0.39, 0.29) is 0 Å². The summed E-state index contributed by atoms with van der Waals surface area (Å²) >= 11 is 0. The van der Waals surface area contributed by atoms with E-state index >= 15 is 0 Å². The number of rotatable bonds is 8. The number of nitrogens with one attached hydrogen (secondary N) is 1. The van der Waals surface area contributed by atoms with Crippen LogP contribution in [0.25, 0.3) is 0 Å². The fourth-order valence-electron chi connectivity index (χ4n) is 1.45. The van der Waals surface area contributed by atoms with E-state index in [4.69, 9.17) is 4.74 Å². The lowest BCUT2D eigenvalue weighted by atomic mass is 10.3. The summed E-state index contributed by atoms with van der Waals surface area (Å²) in [5, 5.41) is 3.27. The van der Waals surface area contributed by atoms with Gasteiger partial charge in [0, 0.05) is 24.9 Å². The van der Waals surface area contributed by atoms with E-state index in [2.05, 4.69) is 29.1 Å². The number of hydrogen-bond acceptors (Lipinski definition) is 4. The van der Waals surface area contributed by atoms with Gasteiger partial charge >= 0.3 is 0 Å². The Kier molecular flexibility index (Phi) is 6.55. The van der Waals surface area contributed by atoms with E-state index in [9.17, 15) is 0 Å². The number of unbranched alkanes of at least 4 members (excludes halogenated alkanes) is 1. The van der Waals surface area contributed by atoms with Gasteiger partial charge in [-0.15, -0.1) is 0 Å². The lowest BCUT2D eigenvalue weighted by molar-refractivity contribution is 0.112. The highest BCUT2D eigenvalue weighted by molar-refractivity contribution is 5.35. The zero-order valence-electron chi connectivity index (χ0n) is 11.1. The Labute approximate surface area is 104 Å². The topological polar surface area (TPSA) is 47.0 Å². The molecule has 4 heteroatoms. The first kappa shape index (κ1) is 13.9. The van der Waals surface area contributed by atoms with Crippen LogP contribution in [0.2, 0.25) is 0 Å². The maximum atomic E-state index is 5.52. The van der Waals surface area contributed by atoms with Gasteiger partial charge in [-0.1, -0.05) is 20.3 Å². The van der Waals surface area contributed by atoms with Crippen LogP contribution in [0.4, 0.5) is 5.82 Å². The molecule has 0 spiro atoms. The lowest BCUT2D eigenvalue weighted by Crippen LogP contribution is -2.07. The van der Waals surface area contributed by atoms with Gasteiger partial charge in [0.2, 0.25) is 0 Å². The van der Waals surface area contributed by atoms with Crippen molar-refractivity contribution in [2.24, 2.45) is 0 Å². The first-order valence-electron chi connectivity index (χ1n) is 6.42. The quantitative estimate of drug-likeness (QED) is 0.706.